The molecule has 1 heterocycles. The molecule has 0 bridgehead atoms. The highest BCUT2D eigenvalue weighted by atomic mass is 32.2. The van der Waals surface area contributed by atoms with Crippen molar-refractivity contribution in [2.45, 2.75) is 38.7 Å². The predicted molar refractivity (Wildman–Crippen MR) is 78.5 cm³/mol. The molecule has 116 valence electrons. The zero-order valence-electron chi connectivity index (χ0n) is 12.3. The first kappa shape index (κ1) is 17.2. The molecule has 0 spiro atoms. The average molecular weight is 314 g/mol. The number of rotatable bonds is 6. The molecular weight excluding hydrogens is 296 g/mol. The zero-order valence-corrected chi connectivity index (χ0v) is 13.1. The van der Waals surface area contributed by atoms with Gasteiger partial charge in [0.15, 0.2) is 0 Å². The Kier molecular flexibility index (Phi) is 5.54. The summed E-state index contributed by atoms with van der Waals surface area (Å²) in [6, 6.07) is 0. The highest BCUT2D eigenvalue weighted by molar-refractivity contribution is 7.85. The summed E-state index contributed by atoms with van der Waals surface area (Å²) in [5.74, 6) is -1.55. The first-order chi connectivity index (χ1) is 9.66. The Balaban J connectivity index is 3.14. The van der Waals surface area contributed by atoms with Gasteiger partial charge in [0, 0.05) is 28.1 Å². The van der Waals surface area contributed by atoms with E-state index in [0.717, 1.165) is 0 Å². The van der Waals surface area contributed by atoms with E-state index in [1.807, 2.05) is 0 Å². The van der Waals surface area contributed by atoms with E-state index >= 15 is 0 Å². The number of aromatic nitrogens is 1. The van der Waals surface area contributed by atoms with E-state index in [0.29, 0.717) is 16.8 Å². The van der Waals surface area contributed by atoms with Crippen LogP contribution in [0.5, 0.6) is 0 Å². The summed E-state index contributed by atoms with van der Waals surface area (Å²) in [5.41, 5.74) is 0.998. The number of pyridine rings is 1. The summed E-state index contributed by atoms with van der Waals surface area (Å²) in [5, 5.41) is 19.1. The van der Waals surface area contributed by atoms with Gasteiger partial charge in [-0.05, 0) is 19.8 Å². The molecule has 7 nitrogen and oxygen atoms in total. The second kappa shape index (κ2) is 6.75. The van der Waals surface area contributed by atoms with Crippen molar-refractivity contribution in [3.05, 3.63) is 33.1 Å². The third kappa shape index (κ3) is 3.84. The van der Waals surface area contributed by atoms with Gasteiger partial charge >= 0.3 is 5.97 Å². The summed E-state index contributed by atoms with van der Waals surface area (Å²) in [6.07, 6.45) is 1.35. The number of aliphatic carboxylic acids is 1. The standard InChI is InChI=1S/C13H18N2O5S/c1-7(2)12(13(16)17)21(20)6-10-9(4)11(15(18)19)8(3)5-14-10/h5,7,12H,6H2,1-4H3,(H,16,17). The van der Waals surface area contributed by atoms with Crippen molar-refractivity contribution in [1.82, 2.24) is 4.98 Å². The molecular formula is C13H18N2O5S. The topological polar surface area (TPSA) is 110 Å². The lowest BCUT2D eigenvalue weighted by molar-refractivity contribution is -0.386. The highest BCUT2D eigenvalue weighted by Crippen LogP contribution is 2.25. The summed E-state index contributed by atoms with van der Waals surface area (Å²) < 4.78 is 12.2. The van der Waals surface area contributed by atoms with Crippen molar-refractivity contribution in [2.24, 2.45) is 5.92 Å². The van der Waals surface area contributed by atoms with E-state index in [1.54, 1.807) is 20.8 Å². The van der Waals surface area contributed by atoms with Gasteiger partial charge in [-0.2, -0.15) is 0 Å². The fraction of sp³-hybridized carbons (Fsp3) is 0.538. The minimum absolute atomic E-state index is 0.0616. The molecule has 1 rings (SSSR count). The third-order valence-electron chi connectivity index (χ3n) is 3.17. The van der Waals surface area contributed by atoms with Crippen LogP contribution in [-0.2, 0) is 21.3 Å². The van der Waals surface area contributed by atoms with Crippen molar-refractivity contribution in [3.63, 3.8) is 0 Å². The van der Waals surface area contributed by atoms with Crippen LogP contribution in [-0.4, -0.2) is 30.4 Å². The van der Waals surface area contributed by atoms with Crippen molar-refractivity contribution in [1.29, 1.82) is 0 Å². The molecule has 0 fully saturated rings. The largest absolute Gasteiger partial charge is 0.480 e. The number of nitro groups is 1. The van der Waals surface area contributed by atoms with Crippen LogP contribution in [0.1, 0.15) is 30.7 Å². The molecule has 1 aromatic heterocycles. The number of aryl methyl sites for hydroxylation is 1. The fourth-order valence-corrected chi connectivity index (χ4v) is 3.69. The quantitative estimate of drug-likeness (QED) is 0.635. The van der Waals surface area contributed by atoms with E-state index in [4.69, 9.17) is 5.11 Å². The minimum Gasteiger partial charge on any atom is -0.480 e. The van der Waals surface area contributed by atoms with Gasteiger partial charge in [0.2, 0.25) is 0 Å². The highest BCUT2D eigenvalue weighted by Gasteiger charge is 2.30. The molecule has 1 aromatic rings. The van der Waals surface area contributed by atoms with Crippen molar-refractivity contribution >= 4 is 22.5 Å². The second-order valence-electron chi connectivity index (χ2n) is 5.15. The van der Waals surface area contributed by atoms with Gasteiger partial charge in [0.25, 0.3) is 5.69 Å². The smallest absolute Gasteiger partial charge is 0.319 e. The van der Waals surface area contributed by atoms with Gasteiger partial charge < -0.3 is 5.11 Å². The fourth-order valence-electron chi connectivity index (χ4n) is 2.12. The maximum absolute atomic E-state index is 12.2. The lowest BCUT2D eigenvalue weighted by atomic mass is 10.1. The predicted octanol–water partition coefficient (Wildman–Crippen LogP) is 1.96. The Morgan fingerprint density at radius 1 is 1.48 bits per heavy atom. The Morgan fingerprint density at radius 3 is 2.48 bits per heavy atom. The SMILES string of the molecule is Cc1cnc(CS(=O)C(C(=O)O)C(C)C)c(C)c1[N+](=O)[O-]. The Labute approximate surface area is 125 Å². The van der Waals surface area contributed by atoms with Crippen LogP contribution < -0.4 is 0 Å². The molecule has 0 aliphatic carbocycles. The lowest BCUT2D eigenvalue weighted by Crippen LogP contribution is -2.32. The van der Waals surface area contributed by atoms with Crippen LogP contribution in [0.25, 0.3) is 0 Å². The van der Waals surface area contributed by atoms with Crippen molar-refractivity contribution < 1.29 is 19.0 Å². The molecule has 0 saturated heterocycles. The molecule has 0 amide bonds. The van der Waals surface area contributed by atoms with Gasteiger partial charge in [-0.25, -0.2) is 0 Å². The number of hydrogen-bond donors (Lipinski definition) is 1. The van der Waals surface area contributed by atoms with Crippen LogP contribution in [0.2, 0.25) is 0 Å². The molecule has 0 aliphatic rings. The van der Waals surface area contributed by atoms with Crippen LogP contribution in [0.15, 0.2) is 6.20 Å². The average Bonchev–Trinajstić information content (AvgIpc) is 2.31. The van der Waals surface area contributed by atoms with Gasteiger partial charge in [-0.3, -0.25) is 24.1 Å². The maximum atomic E-state index is 12.2. The van der Waals surface area contributed by atoms with Gasteiger partial charge in [-0.15, -0.1) is 0 Å². The van der Waals surface area contributed by atoms with Gasteiger partial charge in [-0.1, -0.05) is 13.8 Å². The normalized spacial score (nSPS) is 14.0. The summed E-state index contributed by atoms with van der Waals surface area (Å²) >= 11 is 0. The molecule has 0 radical (unpaired) electrons. The Bertz CT molecular complexity index is 600. The summed E-state index contributed by atoms with van der Waals surface area (Å²) in [4.78, 5) is 25.8. The summed E-state index contributed by atoms with van der Waals surface area (Å²) in [7, 11) is -1.69. The Morgan fingerprint density at radius 2 is 2.05 bits per heavy atom. The van der Waals surface area contributed by atoms with E-state index in [2.05, 4.69) is 4.98 Å². The van der Waals surface area contributed by atoms with Crippen LogP contribution in [0, 0.1) is 29.9 Å². The van der Waals surface area contributed by atoms with Crippen LogP contribution in [0.3, 0.4) is 0 Å². The maximum Gasteiger partial charge on any atom is 0.319 e. The molecule has 0 saturated carbocycles. The van der Waals surface area contributed by atoms with E-state index in [-0.39, 0.29) is 17.4 Å². The number of hydrogen-bond acceptors (Lipinski definition) is 5. The molecule has 1 N–H and O–H groups in total. The van der Waals surface area contributed by atoms with Crippen LogP contribution in [0.4, 0.5) is 5.69 Å². The molecule has 21 heavy (non-hydrogen) atoms. The van der Waals surface area contributed by atoms with Gasteiger partial charge in [0.05, 0.1) is 16.4 Å². The Hall–Kier alpha value is -1.83. The lowest BCUT2D eigenvalue weighted by Gasteiger charge is -2.16. The molecule has 0 aromatic carbocycles. The second-order valence-corrected chi connectivity index (χ2v) is 6.70. The van der Waals surface area contributed by atoms with Crippen molar-refractivity contribution in [2.75, 3.05) is 0 Å². The van der Waals surface area contributed by atoms with Gasteiger partial charge in [0.1, 0.15) is 5.25 Å². The molecule has 8 heteroatoms. The molecule has 0 aliphatic heterocycles. The minimum atomic E-state index is -1.69. The van der Waals surface area contributed by atoms with E-state index in [1.165, 1.54) is 13.1 Å². The molecule has 2 atom stereocenters. The number of carboxylic acids is 1. The first-order valence-corrected chi connectivity index (χ1v) is 7.74. The number of carboxylic acid groups (broad SMARTS) is 1. The van der Waals surface area contributed by atoms with Crippen molar-refractivity contribution in [3.8, 4) is 0 Å². The molecule has 2 unspecified atom stereocenters. The van der Waals surface area contributed by atoms with Crippen LogP contribution >= 0.6 is 0 Å². The van der Waals surface area contributed by atoms with E-state index in [9.17, 15) is 19.1 Å². The van der Waals surface area contributed by atoms with E-state index < -0.39 is 26.9 Å². The summed E-state index contributed by atoms with van der Waals surface area (Å²) in [6.45, 7) is 6.46. The monoisotopic (exact) mass is 314 g/mol. The third-order valence-corrected chi connectivity index (χ3v) is 5.04. The number of nitrogens with zero attached hydrogens (tertiary/aromatic N) is 2. The first-order valence-electron chi connectivity index (χ1n) is 6.36. The zero-order chi connectivity index (χ0) is 16.3. The number of carbonyl (C=O) groups is 1.